The Morgan fingerprint density at radius 2 is 1.92 bits per heavy atom. The Morgan fingerprint density at radius 1 is 1.08 bits per heavy atom. The van der Waals surface area contributed by atoms with Crippen molar-refractivity contribution in [2.45, 2.75) is 0 Å². The summed E-state index contributed by atoms with van der Waals surface area (Å²) in [5.74, 6) is -0.404. The van der Waals surface area contributed by atoms with Gasteiger partial charge in [0.15, 0.2) is 17.8 Å². The van der Waals surface area contributed by atoms with E-state index in [0.29, 0.717) is 28.1 Å². The van der Waals surface area contributed by atoms with E-state index in [9.17, 15) is 14.4 Å². The van der Waals surface area contributed by atoms with E-state index in [1.807, 2.05) is 0 Å². The molecule has 7 heteroatoms. The van der Waals surface area contributed by atoms with Crippen LogP contribution in [0.1, 0.15) is 10.6 Å². The fourth-order valence-electron chi connectivity index (χ4n) is 2.57. The molecule has 1 aromatic heterocycles. The molecular formula is C18H12N2O5. The van der Waals surface area contributed by atoms with Gasteiger partial charge in [-0.15, -0.1) is 0 Å². The zero-order chi connectivity index (χ0) is 17.4. The Kier molecular flexibility index (Phi) is 3.46. The number of hydrogen-bond acceptors (Lipinski definition) is 5. The maximum atomic E-state index is 12.4. The van der Waals surface area contributed by atoms with Gasteiger partial charge in [0.05, 0.1) is 11.1 Å². The average Bonchev–Trinajstić information content (AvgIpc) is 2.61. The zero-order valence-electron chi connectivity index (χ0n) is 12.9. The van der Waals surface area contributed by atoms with Gasteiger partial charge >= 0.3 is 0 Å². The SMILES string of the molecule is O=C1COc2ccc(NC(=O)c3cc(=O)c4ccccc4o3)cc2N1. The van der Waals surface area contributed by atoms with Gasteiger partial charge in [0.2, 0.25) is 0 Å². The van der Waals surface area contributed by atoms with Crippen molar-refractivity contribution in [1.82, 2.24) is 0 Å². The average molecular weight is 336 g/mol. The van der Waals surface area contributed by atoms with Crippen molar-refractivity contribution in [1.29, 1.82) is 0 Å². The number of fused-ring (bicyclic) bond motifs is 2. The largest absolute Gasteiger partial charge is 0.482 e. The lowest BCUT2D eigenvalue weighted by Crippen LogP contribution is -2.25. The van der Waals surface area contributed by atoms with Gasteiger partial charge in [0.1, 0.15) is 11.3 Å². The third kappa shape index (κ3) is 2.83. The second kappa shape index (κ2) is 5.79. The van der Waals surface area contributed by atoms with E-state index in [4.69, 9.17) is 9.15 Å². The van der Waals surface area contributed by atoms with Crippen LogP contribution < -0.4 is 20.8 Å². The molecule has 2 amide bonds. The number of carbonyl (C=O) groups excluding carboxylic acids is 2. The molecule has 2 heterocycles. The van der Waals surface area contributed by atoms with Crippen LogP contribution in [0.2, 0.25) is 0 Å². The standard InChI is InChI=1S/C18H12N2O5/c21-13-8-16(25-14-4-2-1-3-11(13)14)18(23)19-10-5-6-15-12(7-10)20-17(22)9-24-15/h1-8H,9H2,(H,19,23)(H,20,22). The molecule has 0 bridgehead atoms. The molecular weight excluding hydrogens is 324 g/mol. The van der Waals surface area contributed by atoms with Crippen molar-refractivity contribution in [3.8, 4) is 5.75 Å². The molecule has 3 aromatic rings. The van der Waals surface area contributed by atoms with Gasteiger partial charge in [0, 0.05) is 11.8 Å². The van der Waals surface area contributed by atoms with Gasteiger partial charge in [-0.25, -0.2) is 0 Å². The van der Waals surface area contributed by atoms with Gasteiger partial charge < -0.3 is 19.8 Å². The third-order valence-electron chi connectivity index (χ3n) is 3.73. The first-order valence-corrected chi connectivity index (χ1v) is 7.51. The fraction of sp³-hybridized carbons (Fsp3) is 0.0556. The molecule has 2 N–H and O–H groups in total. The minimum absolute atomic E-state index is 0.0407. The first-order chi connectivity index (χ1) is 12.1. The lowest BCUT2D eigenvalue weighted by molar-refractivity contribution is -0.118. The number of nitrogens with one attached hydrogen (secondary N) is 2. The smallest absolute Gasteiger partial charge is 0.291 e. The predicted molar refractivity (Wildman–Crippen MR) is 91.0 cm³/mol. The van der Waals surface area contributed by atoms with Gasteiger partial charge in [-0.2, -0.15) is 0 Å². The summed E-state index contributed by atoms with van der Waals surface area (Å²) in [4.78, 5) is 35.8. The maximum absolute atomic E-state index is 12.4. The van der Waals surface area contributed by atoms with Crippen LogP contribution in [0.5, 0.6) is 5.75 Å². The first-order valence-electron chi connectivity index (χ1n) is 7.51. The first kappa shape index (κ1) is 14.9. The lowest BCUT2D eigenvalue weighted by atomic mass is 10.2. The summed E-state index contributed by atoms with van der Waals surface area (Å²) in [6.45, 7) is -0.0407. The van der Waals surface area contributed by atoms with Crippen molar-refractivity contribution in [2.24, 2.45) is 0 Å². The van der Waals surface area contributed by atoms with Crippen molar-refractivity contribution in [2.75, 3.05) is 17.2 Å². The maximum Gasteiger partial charge on any atom is 0.291 e. The predicted octanol–water partition coefficient (Wildman–Crippen LogP) is 2.38. The zero-order valence-corrected chi connectivity index (χ0v) is 12.9. The number of rotatable bonds is 2. The molecule has 0 fully saturated rings. The van der Waals surface area contributed by atoms with Crippen molar-refractivity contribution >= 4 is 34.2 Å². The molecule has 2 aromatic carbocycles. The number of amides is 2. The molecule has 0 spiro atoms. The highest BCUT2D eigenvalue weighted by molar-refractivity contribution is 6.04. The molecule has 124 valence electrons. The molecule has 25 heavy (non-hydrogen) atoms. The molecule has 0 radical (unpaired) electrons. The molecule has 4 rings (SSSR count). The number of benzene rings is 2. The molecule has 0 saturated carbocycles. The van der Waals surface area contributed by atoms with E-state index in [1.165, 1.54) is 0 Å². The molecule has 0 unspecified atom stereocenters. The van der Waals surface area contributed by atoms with Crippen LogP contribution in [0.4, 0.5) is 11.4 Å². The van der Waals surface area contributed by atoms with E-state index in [1.54, 1.807) is 42.5 Å². The highest BCUT2D eigenvalue weighted by Gasteiger charge is 2.17. The third-order valence-corrected chi connectivity index (χ3v) is 3.73. The number of anilines is 2. The fourth-order valence-corrected chi connectivity index (χ4v) is 2.57. The molecule has 7 nitrogen and oxygen atoms in total. The summed E-state index contributed by atoms with van der Waals surface area (Å²) in [7, 11) is 0. The minimum Gasteiger partial charge on any atom is -0.482 e. The van der Waals surface area contributed by atoms with Crippen molar-refractivity contribution < 1.29 is 18.7 Å². The number of carbonyl (C=O) groups is 2. The Balaban J connectivity index is 1.63. The van der Waals surface area contributed by atoms with Gasteiger partial charge in [-0.3, -0.25) is 14.4 Å². The van der Waals surface area contributed by atoms with E-state index >= 15 is 0 Å². The normalized spacial score (nSPS) is 12.9. The van der Waals surface area contributed by atoms with Crippen LogP contribution in [0, 0.1) is 0 Å². The monoisotopic (exact) mass is 336 g/mol. The number of ether oxygens (including phenoxy) is 1. The number of para-hydroxylation sites is 1. The Bertz CT molecular complexity index is 1070. The Morgan fingerprint density at radius 3 is 2.80 bits per heavy atom. The molecule has 0 aliphatic carbocycles. The molecule has 1 aliphatic heterocycles. The van der Waals surface area contributed by atoms with Gasteiger partial charge in [-0.1, -0.05) is 12.1 Å². The minimum atomic E-state index is -0.564. The van der Waals surface area contributed by atoms with E-state index in [-0.39, 0.29) is 23.7 Å². The summed E-state index contributed by atoms with van der Waals surface area (Å²) in [6.07, 6.45) is 0. The highest BCUT2D eigenvalue weighted by Crippen LogP contribution is 2.30. The van der Waals surface area contributed by atoms with Gasteiger partial charge in [-0.05, 0) is 30.3 Å². The lowest BCUT2D eigenvalue weighted by Gasteiger charge is -2.18. The van der Waals surface area contributed by atoms with Crippen LogP contribution in [0.25, 0.3) is 11.0 Å². The number of hydrogen-bond donors (Lipinski definition) is 2. The summed E-state index contributed by atoms with van der Waals surface area (Å²) >= 11 is 0. The quantitative estimate of drug-likeness (QED) is 0.749. The van der Waals surface area contributed by atoms with E-state index in [0.717, 1.165) is 6.07 Å². The Hall–Kier alpha value is -3.61. The van der Waals surface area contributed by atoms with Crippen molar-refractivity contribution in [3.05, 3.63) is 64.5 Å². The van der Waals surface area contributed by atoms with Crippen LogP contribution in [0.3, 0.4) is 0 Å². The van der Waals surface area contributed by atoms with E-state index < -0.39 is 5.91 Å². The molecule has 0 saturated heterocycles. The van der Waals surface area contributed by atoms with E-state index in [2.05, 4.69) is 10.6 Å². The summed E-state index contributed by atoms with van der Waals surface area (Å²) in [6, 6.07) is 12.7. The van der Waals surface area contributed by atoms with Gasteiger partial charge in [0.25, 0.3) is 11.8 Å². The molecule has 0 atom stereocenters. The topological polar surface area (TPSA) is 97.6 Å². The van der Waals surface area contributed by atoms with Crippen LogP contribution in [0.15, 0.2) is 57.7 Å². The summed E-state index contributed by atoms with van der Waals surface area (Å²) in [5.41, 5.74) is 0.948. The summed E-state index contributed by atoms with van der Waals surface area (Å²) < 4.78 is 10.8. The molecule has 1 aliphatic rings. The van der Waals surface area contributed by atoms with Crippen LogP contribution in [-0.4, -0.2) is 18.4 Å². The van der Waals surface area contributed by atoms with Crippen LogP contribution in [-0.2, 0) is 4.79 Å². The summed E-state index contributed by atoms with van der Waals surface area (Å²) in [5, 5.41) is 5.70. The highest BCUT2D eigenvalue weighted by atomic mass is 16.5. The van der Waals surface area contributed by atoms with Crippen LogP contribution >= 0.6 is 0 Å². The second-order valence-corrected chi connectivity index (χ2v) is 5.47. The van der Waals surface area contributed by atoms with Crippen molar-refractivity contribution in [3.63, 3.8) is 0 Å². The Labute approximate surface area is 141 Å². The second-order valence-electron chi connectivity index (χ2n) is 5.47.